The molecular weight excluding hydrogens is 246 g/mol. The number of carbonyl (C=O) groups is 1. The fourth-order valence-electron chi connectivity index (χ4n) is 2.45. The van der Waals surface area contributed by atoms with Crippen molar-refractivity contribution < 1.29 is 14.6 Å². The van der Waals surface area contributed by atoms with Gasteiger partial charge in [-0.3, -0.25) is 0 Å². The maximum Gasteiger partial charge on any atom is 0.376 e. The third-order valence-electron chi connectivity index (χ3n) is 3.56. The molecule has 1 heterocycles. The van der Waals surface area contributed by atoms with Crippen LogP contribution in [0.4, 0.5) is 5.82 Å². The summed E-state index contributed by atoms with van der Waals surface area (Å²) < 4.78 is 4.61. The molecule has 0 spiro atoms. The number of hydrogen-bond acceptors (Lipinski definition) is 6. The number of rotatable bonds is 3. The van der Waals surface area contributed by atoms with Crippen LogP contribution in [0.25, 0.3) is 0 Å². The lowest BCUT2D eigenvalue weighted by atomic mass is 9.91. The van der Waals surface area contributed by atoms with Gasteiger partial charge in [-0.05, 0) is 18.9 Å². The summed E-state index contributed by atoms with van der Waals surface area (Å²) in [5, 5.41) is 10.0. The summed E-state index contributed by atoms with van der Waals surface area (Å²) in [5.74, 6) is 0.109. The third kappa shape index (κ3) is 3.01. The van der Waals surface area contributed by atoms with Crippen LogP contribution in [0.2, 0.25) is 0 Å². The SMILES string of the molecule is COC(=O)c1nccc(N(C)C2CCCCC2O)n1. The quantitative estimate of drug-likeness (QED) is 0.822. The Balaban J connectivity index is 2.18. The molecule has 1 aromatic heterocycles. The van der Waals surface area contributed by atoms with Gasteiger partial charge in [-0.25, -0.2) is 14.8 Å². The molecule has 0 saturated heterocycles. The lowest BCUT2D eigenvalue weighted by Crippen LogP contribution is -2.44. The molecule has 0 aromatic carbocycles. The van der Waals surface area contributed by atoms with E-state index in [1.807, 2.05) is 11.9 Å². The van der Waals surface area contributed by atoms with E-state index in [0.717, 1.165) is 25.7 Å². The largest absolute Gasteiger partial charge is 0.463 e. The van der Waals surface area contributed by atoms with Gasteiger partial charge in [-0.1, -0.05) is 12.8 Å². The maximum atomic E-state index is 11.4. The van der Waals surface area contributed by atoms with E-state index in [0.29, 0.717) is 5.82 Å². The van der Waals surface area contributed by atoms with Gasteiger partial charge < -0.3 is 14.7 Å². The maximum absolute atomic E-state index is 11.4. The fourth-order valence-corrected chi connectivity index (χ4v) is 2.45. The Labute approximate surface area is 112 Å². The number of ether oxygens (including phenoxy) is 1. The van der Waals surface area contributed by atoms with Gasteiger partial charge in [0.15, 0.2) is 0 Å². The van der Waals surface area contributed by atoms with Crippen molar-refractivity contribution in [3.8, 4) is 0 Å². The van der Waals surface area contributed by atoms with Crippen molar-refractivity contribution in [3.63, 3.8) is 0 Å². The first-order valence-corrected chi connectivity index (χ1v) is 6.45. The average molecular weight is 265 g/mol. The second-order valence-corrected chi connectivity index (χ2v) is 4.76. The number of nitrogens with zero attached hydrogens (tertiary/aromatic N) is 3. The summed E-state index contributed by atoms with van der Waals surface area (Å²) in [5.41, 5.74) is 0. The highest BCUT2D eigenvalue weighted by Crippen LogP contribution is 2.25. The zero-order chi connectivity index (χ0) is 13.8. The average Bonchev–Trinajstić information content (AvgIpc) is 2.46. The molecule has 1 saturated carbocycles. The molecule has 2 rings (SSSR count). The minimum atomic E-state index is -0.556. The van der Waals surface area contributed by atoms with Crippen LogP contribution in [-0.4, -0.2) is 47.3 Å². The number of likely N-dealkylation sites (N-methyl/N-ethyl adjacent to an activating group) is 1. The third-order valence-corrected chi connectivity index (χ3v) is 3.56. The molecule has 19 heavy (non-hydrogen) atoms. The van der Waals surface area contributed by atoms with E-state index < -0.39 is 5.97 Å². The van der Waals surface area contributed by atoms with Crippen molar-refractivity contribution in [3.05, 3.63) is 18.1 Å². The molecule has 6 nitrogen and oxygen atoms in total. The summed E-state index contributed by atoms with van der Waals surface area (Å²) in [6, 6.07) is 1.77. The zero-order valence-corrected chi connectivity index (χ0v) is 11.2. The molecule has 104 valence electrons. The Morgan fingerprint density at radius 1 is 1.47 bits per heavy atom. The second-order valence-electron chi connectivity index (χ2n) is 4.76. The van der Waals surface area contributed by atoms with Crippen molar-refractivity contribution in [1.29, 1.82) is 0 Å². The first-order chi connectivity index (χ1) is 9.13. The van der Waals surface area contributed by atoms with Crippen LogP contribution in [0.1, 0.15) is 36.3 Å². The molecule has 2 atom stereocenters. The van der Waals surface area contributed by atoms with E-state index >= 15 is 0 Å². The van der Waals surface area contributed by atoms with E-state index in [9.17, 15) is 9.90 Å². The zero-order valence-electron chi connectivity index (χ0n) is 11.2. The number of anilines is 1. The van der Waals surface area contributed by atoms with Gasteiger partial charge in [-0.2, -0.15) is 0 Å². The van der Waals surface area contributed by atoms with Crippen molar-refractivity contribution in [2.24, 2.45) is 0 Å². The summed E-state index contributed by atoms with van der Waals surface area (Å²) >= 11 is 0. The first kappa shape index (κ1) is 13.7. The van der Waals surface area contributed by atoms with E-state index in [1.54, 1.807) is 6.07 Å². The highest BCUT2D eigenvalue weighted by atomic mass is 16.5. The van der Waals surface area contributed by atoms with Gasteiger partial charge >= 0.3 is 5.97 Å². The summed E-state index contributed by atoms with van der Waals surface area (Å²) in [7, 11) is 3.18. The van der Waals surface area contributed by atoms with Crippen molar-refractivity contribution >= 4 is 11.8 Å². The molecule has 6 heteroatoms. The standard InChI is InChI=1S/C13H19N3O3/c1-16(9-5-3-4-6-10(9)17)11-7-8-14-12(15-11)13(18)19-2/h7-10,17H,3-6H2,1-2H3. The Morgan fingerprint density at radius 3 is 2.89 bits per heavy atom. The van der Waals surface area contributed by atoms with E-state index in [1.165, 1.54) is 13.3 Å². The molecule has 1 fully saturated rings. The molecule has 0 radical (unpaired) electrons. The number of aromatic nitrogens is 2. The highest BCUT2D eigenvalue weighted by Gasteiger charge is 2.27. The van der Waals surface area contributed by atoms with E-state index in [2.05, 4.69) is 14.7 Å². The van der Waals surface area contributed by atoms with Gasteiger partial charge in [0.25, 0.3) is 0 Å². The number of esters is 1. The van der Waals surface area contributed by atoms with Gasteiger partial charge in [0.1, 0.15) is 5.82 Å². The lowest BCUT2D eigenvalue weighted by Gasteiger charge is -2.35. The fraction of sp³-hybridized carbons (Fsp3) is 0.615. The normalized spacial score (nSPS) is 22.9. The molecular formula is C13H19N3O3. The topological polar surface area (TPSA) is 75.5 Å². The molecule has 1 aliphatic rings. The minimum absolute atomic E-state index is 0.0362. The summed E-state index contributed by atoms with van der Waals surface area (Å²) in [6.07, 6.45) is 5.07. The summed E-state index contributed by atoms with van der Waals surface area (Å²) in [4.78, 5) is 21.4. The minimum Gasteiger partial charge on any atom is -0.463 e. The predicted octanol–water partition coefficient (Wildman–Crippen LogP) is 1.00. The first-order valence-electron chi connectivity index (χ1n) is 6.45. The van der Waals surface area contributed by atoms with Crippen molar-refractivity contribution in [2.75, 3.05) is 19.1 Å². The Hall–Kier alpha value is -1.69. The van der Waals surface area contributed by atoms with Crippen LogP contribution >= 0.6 is 0 Å². The van der Waals surface area contributed by atoms with Crippen molar-refractivity contribution in [2.45, 2.75) is 37.8 Å². The predicted molar refractivity (Wildman–Crippen MR) is 70.0 cm³/mol. The Bertz CT molecular complexity index is 453. The van der Waals surface area contributed by atoms with Crippen LogP contribution < -0.4 is 4.90 Å². The molecule has 0 aliphatic heterocycles. The molecule has 1 aliphatic carbocycles. The van der Waals surface area contributed by atoms with Crippen LogP contribution in [-0.2, 0) is 4.74 Å². The Kier molecular flexibility index (Phi) is 4.31. The van der Waals surface area contributed by atoms with Crippen LogP contribution in [0.3, 0.4) is 0 Å². The van der Waals surface area contributed by atoms with Crippen LogP contribution in [0.5, 0.6) is 0 Å². The van der Waals surface area contributed by atoms with Gasteiger partial charge in [0.05, 0.1) is 19.3 Å². The smallest absolute Gasteiger partial charge is 0.376 e. The molecule has 0 bridgehead atoms. The van der Waals surface area contributed by atoms with Gasteiger partial charge in [-0.15, -0.1) is 0 Å². The molecule has 0 amide bonds. The van der Waals surface area contributed by atoms with Crippen LogP contribution in [0.15, 0.2) is 12.3 Å². The number of hydrogen-bond donors (Lipinski definition) is 1. The highest BCUT2D eigenvalue weighted by molar-refractivity contribution is 5.85. The second kappa shape index (κ2) is 5.97. The van der Waals surface area contributed by atoms with E-state index in [4.69, 9.17) is 0 Å². The lowest BCUT2D eigenvalue weighted by molar-refractivity contribution is 0.0586. The Morgan fingerprint density at radius 2 is 2.21 bits per heavy atom. The van der Waals surface area contributed by atoms with Gasteiger partial charge in [0, 0.05) is 13.2 Å². The number of methoxy groups -OCH3 is 1. The molecule has 1 aromatic rings. The number of carbonyl (C=O) groups excluding carboxylic acids is 1. The number of aliphatic hydroxyl groups excluding tert-OH is 1. The van der Waals surface area contributed by atoms with Crippen LogP contribution in [0, 0.1) is 0 Å². The summed E-state index contributed by atoms with van der Waals surface area (Å²) in [6.45, 7) is 0. The number of aliphatic hydroxyl groups is 1. The molecule has 1 N–H and O–H groups in total. The van der Waals surface area contributed by atoms with Crippen molar-refractivity contribution in [1.82, 2.24) is 9.97 Å². The molecule has 2 unspecified atom stereocenters. The van der Waals surface area contributed by atoms with E-state index in [-0.39, 0.29) is 18.0 Å². The monoisotopic (exact) mass is 265 g/mol. The van der Waals surface area contributed by atoms with Gasteiger partial charge in [0.2, 0.25) is 5.82 Å².